The number of ether oxygens (including phenoxy) is 1. The topological polar surface area (TPSA) is 64.1 Å². The molecule has 2 aromatic carbocycles. The standard InChI is InChI=1S/C23H19N3O2S/c1-15-9-10-17(12-16(15)2)22(27)28-19-7-5-6-18(13-19)25-23-26-21(14-29-23)20-8-3-4-11-24-20/h3-14H,1-2H3,(H,25,26). The number of thiazole rings is 1. The third kappa shape index (κ3) is 4.50. The van der Waals surface area contributed by atoms with E-state index < -0.39 is 0 Å². The van der Waals surface area contributed by atoms with Crippen molar-refractivity contribution >= 4 is 28.1 Å². The van der Waals surface area contributed by atoms with Gasteiger partial charge in [-0.3, -0.25) is 4.98 Å². The van der Waals surface area contributed by atoms with Crippen LogP contribution in [0.3, 0.4) is 0 Å². The number of nitrogens with one attached hydrogen (secondary N) is 1. The summed E-state index contributed by atoms with van der Waals surface area (Å²) in [5, 5.41) is 5.94. The van der Waals surface area contributed by atoms with Crippen molar-refractivity contribution in [2.75, 3.05) is 5.32 Å². The maximum atomic E-state index is 12.4. The molecule has 5 nitrogen and oxygen atoms in total. The highest BCUT2D eigenvalue weighted by molar-refractivity contribution is 7.14. The highest BCUT2D eigenvalue weighted by atomic mass is 32.1. The summed E-state index contributed by atoms with van der Waals surface area (Å²) in [6, 6.07) is 18.5. The monoisotopic (exact) mass is 401 g/mol. The number of benzene rings is 2. The van der Waals surface area contributed by atoms with Crippen molar-refractivity contribution in [1.29, 1.82) is 0 Å². The van der Waals surface area contributed by atoms with E-state index in [1.807, 2.05) is 61.7 Å². The molecule has 144 valence electrons. The van der Waals surface area contributed by atoms with Gasteiger partial charge in [0.25, 0.3) is 0 Å². The summed E-state index contributed by atoms with van der Waals surface area (Å²) >= 11 is 1.49. The maximum absolute atomic E-state index is 12.4. The smallest absolute Gasteiger partial charge is 0.343 e. The first-order chi connectivity index (χ1) is 14.1. The third-order valence-corrected chi connectivity index (χ3v) is 5.23. The first-order valence-corrected chi connectivity index (χ1v) is 10.00. The van der Waals surface area contributed by atoms with Gasteiger partial charge in [0.15, 0.2) is 5.13 Å². The van der Waals surface area contributed by atoms with Crippen LogP contribution in [0.5, 0.6) is 5.75 Å². The molecule has 0 atom stereocenters. The minimum absolute atomic E-state index is 0.378. The Bertz CT molecular complexity index is 1160. The second-order valence-electron chi connectivity index (χ2n) is 6.59. The normalized spacial score (nSPS) is 10.6. The molecule has 1 N–H and O–H groups in total. The van der Waals surface area contributed by atoms with Gasteiger partial charge in [-0.15, -0.1) is 11.3 Å². The Morgan fingerprint density at radius 2 is 1.86 bits per heavy atom. The lowest BCUT2D eigenvalue weighted by atomic mass is 10.1. The quantitative estimate of drug-likeness (QED) is 0.339. The molecular formula is C23H19N3O2S. The molecule has 0 unspecified atom stereocenters. The number of pyridine rings is 1. The van der Waals surface area contributed by atoms with Gasteiger partial charge in [0.2, 0.25) is 0 Å². The second-order valence-corrected chi connectivity index (χ2v) is 7.45. The van der Waals surface area contributed by atoms with Gasteiger partial charge < -0.3 is 10.1 Å². The Balaban J connectivity index is 1.47. The fourth-order valence-corrected chi connectivity index (χ4v) is 3.48. The van der Waals surface area contributed by atoms with E-state index in [1.165, 1.54) is 11.3 Å². The van der Waals surface area contributed by atoms with Crippen molar-refractivity contribution in [3.8, 4) is 17.1 Å². The summed E-state index contributed by atoms with van der Waals surface area (Å²) < 4.78 is 5.54. The van der Waals surface area contributed by atoms with Gasteiger partial charge in [0.1, 0.15) is 11.4 Å². The van der Waals surface area contributed by atoms with E-state index in [9.17, 15) is 4.79 Å². The van der Waals surface area contributed by atoms with Gasteiger partial charge in [-0.2, -0.15) is 0 Å². The fourth-order valence-electron chi connectivity index (χ4n) is 2.76. The number of carbonyl (C=O) groups excluding carboxylic acids is 1. The van der Waals surface area contributed by atoms with E-state index in [-0.39, 0.29) is 5.97 Å². The van der Waals surface area contributed by atoms with Gasteiger partial charge in [-0.05, 0) is 61.4 Å². The molecule has 2 aromatic heterocycles. The molecule has 2 heterocycles. The molecule has 4 aromatic rings. The van der Waals surface area contributed by atoms with E-state index in [0.29, 0.717) is 11.3 Å². The summed E-state index contributed by atoms with van der Waals surface area (Å²) in [6.45, 7) is 3.99. The summed E-state index contributed by atoms with van der Waals surface area (Å²) in [6.07, 6.45) is 1.75. The first kappa shape index (κ1) is 18.8. The lowest BCUT2D eigenvalue weighted by Gasteiger charge is -2.08. The molecule has 0 amide bonds. The Labute approximate surface area is 173 Å². The predicted molar refractivity (Wildman–Crippen MR) is 116 cm³/mol. The first-order valence-electron chi connectivity index (χ1n) is 9.12. The van der Waals surface area contributed by atoms with E-state index in [1.54, 1.807) is 24.4 Å². The molecule has 0 aliphatic rings. The lowest BCUT2D eigenvalue weighted by molar-refractivity contribution is 0.0735. The zero-order chi connectivity index (χ0) is 20.2. The van der Waals surface area contributed by atoms with E-state index in [0.717, 1.165) is 33.3 Å². The molecule has 29 heavy (non-hydrogen) atoms. The van der Waals surface area contributed by atoms with Crippen LogP contribution in [0, 0.1) is 13.8 Å². The number of rotatable bonds is 5. The van der Waals surface area contributed by atoms with Crippen molar-refractivity contribution in [1.82, 2.24) is 9.97 Å². The Morgan fingerprint density at radius 1 is 0.966 bits per heavy atom. The third-order valence-electron chi connectivity index (χ3n) is 4.47. The van der Waals surface area contributed by atoms with Crippen molar-refractivity contribution in [2.24, 2.45) is 0 Å². The zero-order valence-corrected chi connectivity index (χ0v) is 16.9. The van der Waals surface area contributed by atoms with Crippen molar-refractivity contribution < 1.29 is 9.53 Å². The van der Waals surface area contributed by atoms with Gasteiger partial charge in [0, 0.05) is 23.3 Å². The van der Waals surface area contributed by atoms with Gasteiger partial charge in [-0.25, -0.2) is 9.78 Å². The van der Waals surface area contributed by atoms with Crippen LogP contribution in [0.1, 0.15) is 21.5 Å². The molecular weight excluding hydrogens is 382 g/mol. The molecule has 0 bridgehead atoms. The zero-order valence-electron chi connectivity index (χ0n) is 16.0. The molecule has 0 saturated carbocycles. The number of aryl methyl sites for hydroxylation is 2. The lowest BCUT2D eigenvalue weighted by Crippen LogP contribution is -2.09. The van der Waals surface area contributed by atoms with E-state index in [2.05, 4.69) is 15.3 Å². The molecule has 0 fully saturated rings. The van der Waals surface area contributed by atoms with Gasteiger partial charge in [0.05, 0.1) is 11.3 Å². The minimum atomic E-state index is -0.378. The number of aromatic nitrogens is 2. The van der Waals surface area contributed by atoms with Crippen LogP contribution >= 0.6 is 11.3 Å². The molecule has 0 aliphatic carbocycles. The highest BCUT2D eigenvalue weighted by Crippen LogP contribution is 2.27. The van der Waals surface area contributed by atoms with Crippen LogP contribution in [0.15, 0.2) is 72.2 Å². The Hall–Kier alpha value is -3.51. The fraction of sp³-hybridized carbons (Fsp3) is 0.0870. The minimum Gasteiger partial charge on any atom is -0.423 e. The molecule has 0 radical (unpaired) electrons. The Morgan fingerprint density at radius 3 is 2.66 bits per heavy atom. The molecule has 0 saturated heterocycles. The van der Waals surface area contributed by atoms with Crippen molar-refractivity contribution in [3.05, 3.63) is 88.9 Å². The van der Waals surface area contributed by atoms with E-state index in [4.69, 9.17) is 4.74 Å². The predicted octanol–water partition coefficient (Wildman–Crippen LogP) is 5.78. The molecule has 4 rings (SSSR count). The molecule has 6 heteroatoms. The number of hydrogen-bond acceptors (Lipinski definition) is 6. The summed E-state index contributed by atoms with van der Waals surface area (Å²) in [5.41, 5.74) is 5.16. The van der Waals surface area contributed by atoms with Crippen LogP contribution in [-0.4, -0.2) is 15.9 Å². The van der Waals surface area contributed by atoms with Crippen LogP contribution < -0.4 is 10.1 Å². The average Bonchev–Trinajstić information content (AvgIpc) is 3.19. The second kappa shape index (κ2) is 8.24. The van der Waals surface area contributed by atoms with Gasteiger partial charge >= 0.3 is 5.97 Å². The van der Waals surface area contributed by atoms with Crippen molar-refractivity contribution in [3.63, 3.8) is 0 Å². The Kier molecular flexibility index (Phi) is 5.35. The number of anilines is 2. The summed E-state index contributed by atoms with van der Waals surface area (Å²) in [5.74, 6) is 0.0941. The number of esters is 1. The highest BCUT2D eigenvalue weighted by Gasteiger charge is 2.11. The van der Waals surface area contributed by atoms with E-state index >= 15 is 0 Å². The maximum Gasteiger partial charge on any atom is 0.343 e. The SMILES string of the molecule is Cc1ccc(C(=O)Oc2cccc(Nc3nc(-c4ccccn4)cs3)c2)cc1C. The summed E-state index contributed by atoms with van der Waals surface area (Å²) in [4.78, 5) is 21.3. The van der Waals surface area contributed by atoms with Crippen LogP contribution in [-0.2, 0) is 0 Å². The largest absolute Gasteiger partial charge is 0.423 e. The average molecular weight is 401 g/mol. The van der Waals surface area contributed by atoms with Crippen LogP contribution in [0.25, 0.3) is 11.4 Å². The van der Waals surface area contributed by atoms with Crippen LogP contribution in [0.4, 0.5) is 10.8 Å². The van der Waals surface area contributed by atoms with Gasteiger partial charge in [-0.1, -0.05) is 18.2 Å². The number of hydrogen-bond donors (Lipinski definition) is 1. The molecule has 0 spiro atoms. The summed E-state index contributed by atoms with van der Waals surface area (Å²) in [7, 11) is 0. The number of nitrogens with zero attached hydrogens (tertiary/aromatic N) is 2. The van der Waals surface area contributed by atoms with Crippen molar-refractivity contribution in [2.45, 2.75) is 13.8 Å². The molecule has 0 aliphatic heterocycles. The van der Waals surface area contributed by atoms with Crippen LogP contribution in [0.2, 0.25) is 0 Å². The number of carbonyl (C=O) groups is 1.